The molecular formula is C78H146N2O5S+2. The summed E-state index contributed by atoms with van der Waals surface area (Å²) in [7, 11) is 0. The van der Waals surface area contributed by atoms with Crippen molar-refractivity contribution >= 4 is 23.1 Å². The lowest BCUT2D eigenvalue weighted by Crippen LogP contribution is -2.50. The van der Waals surface area contributed by atoms with Crippen LogP contribution in [0.25, 0.3) is 0 Å². The van der Waals surface area contributed by atoms with Crippen LogP contribution in [0.4, 0.5) is 0 Å². The number of benzene rings is 2. The zero-order chi connectivity index (χ0) is 63.3. The summed E-state index contributed by atoms with van der Waals surface area (Å²) < 4.78 is 15.4. The second-order valence-corrected chi connectivity index (χ2v) is 27.9. The minimum atomic E-state index is -1.87. The second kappa shape index (κ2) is 61.5. The van der Waals surface area contributed by atoms with Crippen LogP contribution in [0.5, 0.6) is 0 Å². The molecule has 0 fully saturated rings. The van der Waals surface area contributed by atoms with Gasteiger partial charge in [0, 0.05) is 11.2 Å². The van der Waals surface area contributed by atoms with Gasteiger partial charge >= 0.3 is 11.9 Å². The topological polar surface area (TPSA) is 97.7 Å². The van der Waals surface area contributed by atoms with Crippen molar-refractivity contribution in [3.63, 3.8) is 0 Å². The molecule has 0 atom stereocenters. The van der Waals surface area contributed by atoms with Gasteiger partial charge in [0.2, 0.25) is 0 Å². The number of carboxylic acids is 2. The molecule has 7 nitrogen and oxygen atoms in total. The number of rotatable bonds is 60. The van der Waals surface area contributed by atoms with Crippen molar-refractivity contribution < 1.29 is 33.3 Å². The third-order valence-corrected chi connectivity index (χ3v) is 20.0. The van der Waals surface area contributed by atoms with Gasteiger partial charge in [-0.05, 0) is 127 Å². The van der Waals surface area contributed by atoms with Crippen LogP contribution in [0.15, 0.2) is 58.3 Å². The van der Waals surface area contributed by atoms with Gasteiger partial charge in [-0.25, -0.2) is 9.59 Å². The third-order valence-electron chi connectivity index (χ3n) is 18.5. The van der Waals surface area contributed by atoms with Crippen LogP contribution in [0.1, 0.15) is 384 Å². The van der Waals surface area contributed by atoms with Crippen LogP contribution in [0.3, 0.4) is 0 Å². The zero-order valence-electron chi connectivity index (χ0n) is 58.6. The van der Waals surface area contributed by atoms with E-state index in [2.05, 4.69) is 55.4 Å². The lowest BCUT2D eigenvalue weighted by atomic mass is 10.0. The summed E-state index contributed by atoms with van der Waals surface area (Å²) in [4.78, 5) is 22.4. The summed E-state index contributed by atoms with van der Waals surface area (Å²) in [5, 5.41) is 18.2. The van der Waals surface area contributed by atoms with Crippen LogP contribution >= 0.6 is 0 Å². The highest BCUT2D eigenvalue weighted by atomic mass is 32.2. The Balaban J connectivity index is 0.00000130. The van der Waals surface area contributed by atoms with Gasteiger partial charge < -0.3 is 23.7 Å². The molecule has 8 heteroatoms. The highest BCUT2D eigenvalue weighted by Gasteiger charge is 2.29. The summed E-state index contributed by atoms with van der Waals surface area (Å²) >= 11 is -1.87. The van der Waals surface area contributed by atoms with E-state index in [1.54, 1.807) is 12.1 Å². The van der Waals surface area contributed by atoms with E-state index in [9.17, 15) is 14.1 Å². The summed E-state index contributed by atoms with van der Waals surface area (Å²) in [6.07, 6.45) is 69.5. The van der Waals surface area contributed by atoms with E-state index in [4.69, 9.17) is 10.2 Å². The van der Waals surface area contributed by atoms with Crippen molar-refractivity contribution in [2.24, 2.45) is 0 Å². The maximum Gasteiger partial charge on any atom is 0.340 e. The number of carboxylic acid groups (broad SMARTS) is 2. The number of aromatic carboxylic acids is 2. The molecule has 0 aliphatic heterocycles. The molecule has 2 rings (SSSR count). The molecule has 0 amide bonds. The van der Waals surface area contributed by atoms with E-state index in [-0.39, 0.29) is 20.9 Å². The molecule has 0 aliphatic carbocycles. The first-order chi connectivity index (χ1) is 42.0. The van der Waals surface area contributed by atoms with Gasteiger partial charge in [0.25, 0.3) is 0 Å². The summed E-state index contributed by atoms with van der Waals surface area (Å²) in [6.45, 7) is 30.5. The minimum absolute atomic E-state index is 0.0775. The normalized spacial score (nSPS) is 11.7. The van der Waals surface area contributed by atoms with Crippen molar-refractivity contribution in [3.8, 4) is 0 Å². The maximum atomic E-state index is 12.5. The molecule has 0 radical (unpaired) electrons. The first-order valence-corrected chi connectivity index (χ1v) is 38.9. The predicted molar refractivity (Wildman–Crippen MR) is 378 cm³/mol. The molecule has 0 bridgehead atoms. The molecule has 0 aliphatic rings. The Morgan fingerprint density at radius 2 is 0.430 bits per heavy atom. The van der Waals surface area contributed by atoms with E-state index < -0.39 is 23.1 Å². The average Bonchev–Trinajstić information content (AvgIpc) is 3.55. The first kappa shape index (κ1) is 83.6. The Kier molecular flexibility index (Phi) is 59.8. The Morgan fingerprint density at radius 3 is 0.593 bits per heavy atom. The number of carbonyl (C=O) groups is 2. The average molecular weight is 1220 g/mol. The van der Waals surface area contributed by atoms with Crippen LogP contribution in [-0.2, 0) is 11.2 Å². The fraction of sp³-hybridized carbons (Fsp3) is 0.821. The van der Waals surface area contributed by atoms with E-state index >= 15 is 0 Å². The molecule has 0 saturated carbocycles. The Labute approximate surface area is 539 Å². The third kappa shape index (κ3) is 45.8. The number of hydrogen-bond acceptors (Lipinski definition) is 3. The van der Waals surface area contributed by atoms with Crippen LogP contribution in [0, 0.1) is 0 Å². The van der Waals surface area contributed by atoms with E-state index in [1.165, 1.54) is 406 Å². The molecule has 2 aromatic rings. The zero-order valence-corrected chi connectivity index (χ0v) is 59.5. The number of unbranched alkanes of at least 4 members (excludes halogenated alkanes) is 40. The fourth-order valence-corrected chi connectivity index (χ4v) is 14.2. The monoisotopic (exact) mass is 1220 g/mol. The number of quaternary nitrogens is 2. The van der Waals surface area contributed by atoms with E-state index in [1.807, 2.05) is 0 Å². The van der Waals surface area contributed by atoms with Gasteiger partial charge in [0.1, 0.15) is 11.1 Å². The van der Waals surface area contributed by atoms with Crippen LogP contribution in [0.2, 0.25) is 0 Å². The van der Waals surface area contributed by atoms with Crippen molar-refractivity contribution in [2.45, 2.75) is 373 Å². The SMILES string of the molecule is CCCCCCCC[N+](CCCCCCCC)(CCCCCCCC)CCCCCCCC.CCCCCCCC[N+](CCCCCCCC)(CCCCCCCC)CCCCCCCC.O=C(O)c1ccccc1[S+]([O-])c1ccccc1C(=O)O. The maximum absolute atomic E-state index is 12.5. The van der Waals surface area contributed by atoms with Crippen molar-refractivity contribution in [1.82, 2.24) is 0 Å². The molecular weight excluding hydrogens is 1080 g/mol. The van der Waals surface area contributed by atoms with Crippen molar-refractivity contribution in [2.75, 3.05) is 52.4 Å². The van der Waals surface area contributed by atoms with E-state index in [0.717, 1.165) is 0 Å². The van der Waals surface area contributed by atoms with Gasteiger partial charge in [0.05, 0.1) is 52.4 Å². The largest absolute Gasteiger partial charge is 0.606 e. The molecule has 86 heavy (non-hydrogen) atoms. The Morgan fingerprint density at radius 1 is 0.279 bits per heavy atom. The van der Waals surface area contributed by atoms with Gasteiger partial charge in [0.15, 0.2) is 9.79 Å². The predicted octanol–water partition coefficient (Wildman–Crippen LogP) is 24.7. The fourth-order valence-electron chi connectivity index (χ4n) is 12.9. The van der Waals surface area contributed by atoms with E-state index in [0.29, 0.717) is 0 Å². The Hall–Kier alpha value is -2.39. The molecule has 0 saturated heterocycles. The number of nitrogens with zero attached hydrogens (tertiary/aromatic N) is 2. The molecule has 0 spiro atoms. The molecule has 2 N–H and O–H groups in total. The smallest absolute Gasteiger partial charge is 0.340 e. The van der Waals surface area contributed by atoms with Crippen LogP contribution in [-0.4, -0.2) is 88.0 Å². The molecule has 0 unspecified atom stereocenters. The van der Waals surface area contributed by atoms with Gasteiger partial charge in [-0.3, -0.25) is 0 Å². The lowest BCUT2D eigenvalue weighted by molar-refractivity contribution is -0.929. The second-order valence-electron chi connectivity index (χ2n) is 26.5. The lowest BCUT2D eigenvalue weighted by Gasteiger charge is -2.40. The van der Waals surface area contributed by atoms with Gasteiger partial charge in [-0.1, -0.05) is 285 Å². The number of hydrogen-bond donors (Lipinski definition) is 2. The molecule has 502 valence electrons. The Bertz CT molecular complexity index is 1510. The summed E-state index contributed by atoms with van der Waals surface area (Å²) in [5.41, 5.74) is -0.211. The van der Waals surface area contributed by atoms with Crippen LogP contribution < -0.4 is 0 Å². The van der Waals surface area contributed by atoms with Gasteiger partial charge in [-0.2, -0.15) is 0 Å². The highest BCUT2D eigenvalue weighted by molar-refractivity contribution is 7.91. The molecule has 0 aromatic heterocycles. The summed E-state index contributed by atoms with van der Waals surface area (Å²) in [5.74, 6) is -2.41. The van der Waals surface area contributed by atoms with Crippen molar-refractivity contribution in [3.05, 3.63) is 59.7 Å². The minimum Gasteiger partial charge on any atom is -0.606 e. The van der Waals surface area contributed by atoms with Crippen molar-refractivity contribution in [1.29, 1.82) is 0 Å². The highest BCUT2D eigenvalue weighted by Crippen LogP contribution is 2.28. The first-order valence-electron chi connectivity index (χ1n) is 37.8. The summed E-state index contributed by atoms with van der Waals surface area (Å²) in [6, 6.07) is 11.7. The van der Waals surface area contributed by atoms with Gasteiger partial charge in [-0.15, -0.1) is 0 Å². The quantitative estimate of drug-likeness (QED) is 0.0391. The molecule has 2 aromatic carbocycles. The standard InChI is InChI=1S/2C32H68N.C14H10O5S/c2*1-5-9-13-17-21-25-29-33(30-26-22-18-14-10-6-2,31-27-23-19-15-11-7-3)32-28-24-20-16-12-8-4;15-13(16)9-5-1-3-7-11(9)20(19)12-8-4-2-6-10(12)14(17)18/h2*5-32H2,1-4H3;1-8H,(H,15,16)(H,17,18)/q2*+1;. The molecule has 0 heterocycles.